The number of anilines is 2. The van der Waals surface area contributed by atoms with Gasteiger partial charge in [0.1, 0.15) is 0 Å². The topological polar surface area (TPSA) is 75.4 Å². The van der Waals surface area contributed by atoms with Crippen molar-refractivity contribution in [2.75, 3.05) is 11.1 Å². The zero-order chi connectivity index (χ0) is 13.8. The predicted molar refractivity (Wildman–Crippen MR) is 78.9 cm³/mol. The van der Waals surface area contributed by atoms with Gasteiger partial charge in [0, 0.05) is 11.4 Å². The fraction of sp³-hybridized carbons (Fsp3) is 0.0714. The molecule has 0 fully saturated rings. The van der Waals surface area contributed by atoms with E-state index in [0.717, 1.165) is 5.56 Å². The summed E-state index contributed by atoms with van der Waals surface area (Å²) in [5.41, 5.74) is 8.19. The lowest BCUT2D eigenvalue weighted by Gasteiger charge is -2.08. The van der Waals surface area contributed by atoms with Crippen LogP contribution in [0.1, 0.15) is 15.9 Å². The number of nitrogen functional groups attached to an aromatic ring is 1. The molecular formula is C14H13BrN2O2. The van der Waals surface area contributed by atoms with Gasteiger partial charge in [-0.1, -0.05) is 18.2 Å². The summed E-state index contributed by atoms with van der Waals surface area (Å²) in [6, 6.07) is 12.1. The average Bonchev–Trinajstić information content (AvgIpc) is 2.42. The Bertz CT molecular complexity index is 597. The van der Waals surface area contributed by atoms with Crippen molar-refractivity contribution < 1.29 is 9.90 Å². The van der Waals surface area contributed by atoms with E-state index in [0.29, 0.717) is 21.4 Å². The molecular weight excluding hydrogens is 308 g/mol. The van der Waals surface area contributed by atoms with E-state index in [1.807, 2.05) is 0 Å². The second-order valence-corrected chi connectivity index (χ2v) is 4.81. The molecule has 19 heavy (non-hydrogen) atoms. The summed E-state index contributed by atoms with van der Waals surface area (Å²) in [6.07, 6.45) is 0. The number of nitrogens with two attached hydrogens (primary N) is 1. The molecule has 0 heterocycles. The molecule has 0 aliphatic rings. The van der Waals surface area contributed by atoms with Crippen molar-refractivity contribution >= 4 is 33.2 Å². The summed E-state index contributed by atoms with van der Waals surface area (Å²) < 4.78 is 0.583. The van der Waals surface area contributed by atoms with E-state index in [4.69, 9.17) is 10.8 Å². The molecule has 1 amide bonds. The number of hydrogen-bond donors (Lipinski definition) is 3. The first-order valence-corrected chi connectivity index (χ1v) is 6.46. The first-order chi connectivity index (χ1) is 9.11. The van der Waals surface area contributed by atoms with Gasteiger partial charge in [-0.25, -0.2) is 0 Å². The number of aliphatic hydroxyl groups excluding tert-OH is 1. The number of rotatable bonds is 3. The van der Waals surface area contributed by atoms with E-state index in [2.05, 4.69) is 21.2 Å². The van der Waals surface area contributed by atoms with Crippen LogP contribution < -0.4 is 11.1 Å². The molecule has 4 N–H and O–H groups in total. The molecule has 0 saturated carbocycles. The summed E-state index contributed by atoms with van der Waals surface area (Å²) in [5, 5.41) is 11.7. The maximum absolute atomic E-state index is 12.1. The van der Waals surface area contributed by atoms with Gasteiger partial charge in [0.05, 0.1) is 16.6 Å². The highest BCUT2D eigenvalue weighted by atomic mass is 79.9. The van der Waals surface area contributed by atoms with Gasteiger partial charge >= 0.3 is 0 Å². The van der Waals surface area contributed by atoms with Crippen molar-refractivity contribution in [3.05, 3.63) is 58.1 Å². The Balaban J connectivity index is 2.18. The van der Waals surface area contributed by atoms with Crippen LogP contribution in [0.4, 0.5) is 11.4 Å². The molecule has 0 aliphatic carbocycles. The standard InChI is InChI=1S/C14H13BrN2O2/c15-13-11(2-1-3-12(13)16)14(19)17-10-6-4-9(8-18)5-7-10/h1-7,18H,8,16H2,(H,17,19). The fourth-order valence-electron chi connectivity index (χ4n) is 1.62. The molecule has 0 spiro atoms. The van der Waals surface area contributed by atoms with Crippen molar-refractivity contribution in [1.29, 1.82) is 0 Å². The highest BCUT2D eigenvalue weighted by Crippen LogP contribution is 2.24. The Labute approximate surface area is 119 Å². The van der Waals surface area contributed by atoms with Crippen molar-refractivity contribution in [2.24, 2.45) is 0 Å². The monoisotopic (exact) mass is 320 g/mol. The summed E-state index contributed by atoms with van der Waals surface area (Å²) >= 11 is 3.30. The molecule has 98 valence electrons. The lowest BCUT2D eigenvalue weighted by Crippen LogP contribution is -2.13. The maximum Gasteiger partial charge on any atom is 0.256 e. The second kappa shape index (κ2) is 5.86. The molecule has 2 aromatic rings. The van der Waals surface area contributed by atoms with Crippen LogP contribution in [-0.4, -0.2) is 11.0 Å². The minimum Gasteiger partial charge on any atom is -0.398 e. The zero-order valence-electron chi connectivity index (χ0n) is 10.1. The number of carbonyl (C=O) groups is 1. The summed E-state index contributed by atoms with van der Waals surface area (Å²) in [5.74, 6) is -0.240. The third-order valence-electron chi connectivity index (χ3n) is 2.67. The lowest BCUT2D eigenvalue weighted by molar-refractivity contribution is 0.102. The van der Waals surface area contributed by atoms with Crippen LogP contribution in [0.15, 0.2) is 46.9 Å². The number of halogens is 1. The van der Waals surface area contributed by atoms with Gasteiger partial charge in [0.2, 0.25) is 0 Å². The van der Waals surface area contributed by atoms with Gasteiger partial charge in [-0.15, -0.1) is 0 Å². The maximum atomic E-state index is 12.1. The first kappa shape index (κ1) is 13.6. The number of aliphatic hydroxyl groups is 1. The Kier molecular flexibility index (Phi) is 4.19. The van der Waals surface area contributed by atoms with Crippen molar-refractivity contribution in [3.8, 4) is 0 Å². The molecule has 0 radical (unpaired) electrons. The molecule has 0 atom stereocenters. The third-order valence-corrected chi connectivity index (χ3v) is 3.55. The van der Waals surface area contributed by atoms with Crippen LogP contribution in [0.3, 0.4) is 0 Å². The average molecular weight is 321 g/mol. The van der Waals surface area contributed by atoms with E-state index in [1.54, 1.807) is 42.5 Å². The van der Waals surface area contributed by atoms with E-state index in [-0.39, 0.29) is 12.5 Å². The summed E-state index contributed by atoms with van der Waals surface area (Å²) in [4.78, 5) is 12.1. The largest absolute Gasteiger partial charge is 0.398 e. The number of nitrogens with one attached hydrogen (secondary N) is 1. The van der Waals surface area contributed by atoms with Gasteiger partial charge in [-0.05, 0) is 45.8 Å². The lowest BCUT2D eigenvalue weighted by atomic mass is 10.1. The molecule has 0 saturated heterocycles. The molecule has 0 bridgehead atoms. The summed E-state index contributed by atoms with van der Waals surface area (Å²) in [7, 11) is 0. The third kappa shape index (κ3) is 3.13. The first-order valence-electron chi connectivity index (χ1n) is 5.67. The van der Waals surface area contributed by atoms with Crippen LogP contribution >= 0.6 is 15.9 Å². The molecule has 0 aromatic heterocycles. The fourth-order valence-corrected chi connectivity index (χ4v) is 2.06. The second-order valence-electron chi connectivity index (χ2n) is 4.02. The minimum absolute atomic E-state index is 0.0189. The molecule has 0 unspecified atom stereocenters. The Morgan fingerprint density at radius 3 is 2.53 bits per heavy atom. The number of amides is 1. The van der Waals surface area contributed by atoms with E-state index >= 15 is 0 Å². The van der Waals surface area contributed by atoms with Gasteiger partial charge < -0.3 is 16.2 Å². The van der Waals surface area contributed by atoms with Crippen LogP contribution in [0.2, 0.25) is 0 Å². The molecule has 4 nitrogen and oxygen atoms in total. The van der Waals surface area contributed by atoms with Gasteiger partial charge in [0.25, 0.3) is 5.91 Å². The highest BCUT2D eigenvalue weighted by molar-refractivity contribution is 9.10. The SMILES string of the molecule is Nc1cccc(C(=O)Nc2ccc(CO)cc2)c1Br. The number of benzene rings is 2. The number of hydrogen-bond acceptors (Lipinski definition) is 3. The highest BCUT2D eigenvalue weighted by Gasteiger charge is 2.11. The van der Waals surface area contributed by atoms with Crippen molar-refractivity contribution in [2.45, 2.75) is 6.61 Å². The van der Waals surface area contributed by atoms with Crippen LogP contribution in [-0.2, 0) is 6.61 Å². The van der Waals surface area contributed by atoms with Crippen LogP contribution in [0, 0.1) is 0 Å². The molecule has 2 aromatic carbocycles. The zero-order valence-corrected chi connectivity index (χ0v) is 11.6. The smallest absolute Gasteiger partial charge is 0.256 e. The Morgan fingerprint density at radius 2 is 1.89 bits per heavy atom. The van der Waals surface area contributed by atoms with Gasteiger partial charge in [-0.2, -0.15) is 0 Å². The number of carbonyl (C=O) groups excluding carboxylic acids is 1. The molecule has 0 aliphatic heterocycles. The van der Waals surface area contributed by atoms with Crippen molar-refractivity contribution in [1.82, 2.24) is 0 Å². The van der Waals surface area contributed by atoms with E-state index in [9.17, 15) is 4.79 Å². The van der Waals surface area contributed by atoms with Gasteiger partial charge in [-0.3, -0.25) is 4.79 Å². The summed E-state index contributed by atoms with van der Waals surface area (Å²) in [6.45, 7) is -0.0189. The molecule has 2 rings (SSSR count). The van der Waals surface area contributed by atoms with Crippen LogP contribution in [0.5, 0.6) is 0 Å². The normalized spacial score (nSPS) is 10.2. The Morgan fingerprint density at radius 1 is 1.21 bits per heavy atom. The molecule has 5 heteroatoms. The van der Waals surface area contributed by atoms with Crippen molar-refractivity contribution in [3.63, 3.8) is 0 Å². The van der Waals surface area contributed by atoms with E-state index in [1.165, 1.54) is 0 Å². The van der Waals surface area contributed by atoms with Gasteiger partial charge in [0.15, 0.2) is 0 Å². The van der Waals surface area contributed by atoms with E-state index < -0.39 is 0 Å². The quantitative estimate of drug-likeness (QED) is 0.761. The van der Waals surface area contributed by atoms with Crippen LogP contribution in [0.25, 0.3) is 0 Å². The Hall–Kier alpha value is -1.85. The predicted octanol–water partition coefficient (Wildman–Crippen LogP) is 2.78. The minimum atomic E-state index is -0.240.